The van der Waals surface area contributed by atoms with E-state index in [9.17, 15) is 0 Å². The van der Waals surface area contributed by atoms with Gasteiger partial charge < -0.3 is 10.6 Å². The first-order chi connectivity index (χ1) is 7.68. The lowest BCUT2D eigenvalue weighted by Crippen LogP contribution is -2.35. The van der Waals surface area contributed by atoms with Gasteiger partial charge in [-0.25, -0.2) is 0 Å². The monoisotopic (exact) mass is 218 g/mol. The van der Waals surface area contributed by atoms with Crippen LogP contribution in [0, 0.1) is 5.92 Å². The summed E-state index contributed by atoms with van der Waals surface area (Å²) in [5.41, 5.74) is 8.10. The fraction of sp³-hybridized carbons (Fsp3) is 0.571. The Bertz CT molecular complexity index is 348. The molecular formula is C14H22N2. The highest BCUT2D eigenvalue weighted by Crippen LogP contribution is 2.31. The summed E-state index contributed by atoms with van der Waals surface area (Å²) in [4.78, 5) is 2.37. The molecule has 2 nitrogen and oxygen atoms in total. The summed E-state index contributed by atoms with van der Waals surface area (Å²) in [6.45, 7) is 2.36. The van der Waals surface area contributed by atoms with Crippen LogP contribution in [0.4, 0.5) is 11.4 Å². The lowest BCUT2D eigenvalue weighted by Gasteiger charge is -2.36. The third-order valence-electron chi connectivity index (χ3n) is 3.77. The van der Waals surface area contributed by atoms with E-state index >= 15 is 0 Å². The highest BCUT2D eigenvalue weighted by Gasteiger charge is 2.23. The van der Waals surface area contributed by atoms with E-state index in [2.05, 4.69) is 31.0 Å². The molecule has 0 spiro atoms. The largest absolute Gasteiger partial charge is 0.397 e. The van der Waals surface area contributed by atoms with Crippen molar-refractivity contribution in [1.29, 1.82) is 0 Å². The Hall–Kier alpha value is -1.18. The summed E-state index contributed by atoms with van der Waals surface area (Å²) in [6, 6.07) is 8.82. The van der Waals surface area contributed by atoms with Crippen molar-refractivity contribution >= 4 is 11.4 Å². The van der Waals surface area contributed by atoms with E-state index in [0.717, 1.165) is 11.6 Å². The van der Waals surface area contributed by atoms with E-state index < -0.39 is 0 Å². The Morgan fingerprint density at radius 2 is 2.00 bits per heavy atom. The predicted molar refractivity (Wildman–Crippen MR) is 70.7 cm³/mol. The maximum atomic E-state index is 6.02. The third kappa shape index (κ3) is 2.31. The highest BCUT2D eigenvalue weighted by atomic mass is 15.1. The molecule has 1 aliphatic rings. The molecular weight excluding hydrogens is 196 g/mol. The second-order valence-electron chi connectivity index (χ2n) is 5.10. The zero-order chi connectivity index (χ0) is 11.5. The standard InChI is InChI=1S/C14H22N2/c1-11-6-5-7-12(10-11)16(2)14-9-4-3-8-13(14)15/h3-4,8-9,11-12H,5-7,10,15H2,1-2H3. The number of nitrogens with two attached hydrogens (primary N) is 1. The van der Waals surface area contributed by atoms with E-state index in [4.69, 9.17) is 5.73 Å². The van der Waals surface area contributed by atoms with Crippen LogP contribution >= 0.6 is 0 Å². The summed E-state index contributed by atoms with van der Waals surface area (Å²) < 4.78 is 0. The molecule has 0 amide bonds. The van der Waals surface area contributed by atoms with Crippen molar-refractivity contribution in [2.45, 2.75) is 38.6 Å². The number of nitrogen functional groups attached to an aromatic ring is 1. The van der Waals surface area contributed by atoms with Gasteiger partial charge in [-0.15, -0.1) is 0 Å². The van der Waals surface area contributed by atoms with Crippen molar-refractivity contribution in [3.8, 4) is 0 Å². The molecule has 1 aliphatic carbocycles. The Morgan fingerprint density at radius 3 is 2.69 bits per heavy atom. The Balaban J connectivity index is 2.12. The smallest absolute Gasteiger partial charge is 0.0599 e. The van der Waals surface area contributed by atoms with Crippen LogP contribution in [0.25, 0.3) is 0 Å². The lowest BCUT2D eigenvalue weighted by molar-refractivity contribution is 0.336. The first-order valence-corrected chi connectivity index (χ1v) is 6.26. The lowest BCUT2D eigenvalue weighted by atomic mass is 9.86. The second kappa shape index (κ2) is 4.77. The minimum absolute atomic E-state index is 0.661. The number of hydrogen-bond acceptors (Lipinski definition) is 2. The molecule has 0 radical (unpaired) electrons. The average molecular weight is 218 g/mol. The number of hydrogen-bond donors (Lipinski definition) is 1. The van der Waals surface area contributed by atoms with Crippen molar-refractivity contribution in [2.24, 2.45) is 5.92 Å². The van der Waals surface area contributed by atoms with Gasteiger partial charge >= 0.3 is 0 Å². The molecule has 0 bridgehead atoms. The topological polar surface area (TPSA) is 29.3 Å². The highest BCUT2D eigenvalue weighted by molar-refractivity contribution is 5.67. The molecule has 1 saturated carbocycles. The van der Waals surface area contributed by atoms with Crippen LogP contribution in [0.3, 0.4) is 0 Å². The van der Waals surface area contributed by atoms with Gasteiger partial charge in [0.25, 0.3) is 0 Å². The minimum Gasteiger partial charge on any atom is -0.397 e. The van der Waals surface area contributed by atoms with Crippen LogP contribution in [-0.2, 0) is 0 Å². The summed E-state index contributed by atoms with van der Waals surface area (Å²) >= 11 is 0. The summed E-state index contributed by atoms with van der Waals surface area (Å²) in [5.74, 6) is 0.853. The summed E-state index contributed by atoms with van der Waals surface area (Å²) in [6.07, 6.45) is 5.33. The number of para-hydroxylation sites is 2. The van der Waals surface area contributed by atoms with Gasteiger partial charge in [-0.05, 0) is 30.9 Å². The van der Waals surface area contributed by atoms with Crippen LogP contribution in [0.5, 0.6) is 0 Å². The normalized spacial score (nSPS) is 25.4. The summed E-state index contributed by atoms with van der Waals surface area (Å²) in [5, 5.41) is 0. The van der Waals surface area contributed by atoms with Crippen molar-refractivity contribution in [3.05, 3.63) is 24.3 Å². The quantitative estimate of drug-likeness (QED) is 0.772. The maximum absolute atomic E-state index is 6.02. The molecule has 1 aromatic carbocycles. The average Bonchev–Trinajstić information content (AvgIpc) is 2.29. The minimum atomic E-state index is 0.661. The van der Waals surface area contributed by atoms with E-state index in [1.165, 1.54) is 31.4 Å². The van der Waals surface area contributed by atoms with Crippen LogP contribution in [0.2, 0.25) is 0 Å². The van der Waals surface area contributed by atoms with Gasteiger partial charge in [-0.3, -0.25) is 0 Å². The molecule has 2 N–H and O–H groups in total. The molecule has 88 valence electrons. The maximum Gasteiger partial charge on any atom is 0.0599 e. The molecule has 2 rings (SSSR count). The van der Waals surface area contributed by atoms with Crippen LogP contribution < -0.4 is 10.6 Å². The van der Waals surface area contributed by atoms with Crippen LogP contribution in [0.15, 0.2) is 24.3 Å². The van der Waals surface area contributed by atoms with E-state index in [1.54, 1.807) is 0 Å². The molecule has 0 heterocycles. The molecule has 2 heteroatoms. The molecule has 0 aromatic heterocycles. The Morgan fingerprint density at radius 1 is 1.25 bits per heavy atom. The van der Waals surface area contributed by atoms with Gasteiger partial charge in [0.2, 0.25) is 0 Å². The van der Waals surface area contributed by atoms with E-state index in [1.807, 2.05) is 12.1 Å². The number of nitrogens with zero attached hydrogens (tertiary/aromatic N) is 1. The molecule has 1 aromatic rings. The SMILES string of the molecule is CC1CCCC(N(C)c2ccccc2N)C1. The summed E-state index contributed by atoms with van der Waals surface area (Å²) in [7, 11) is 2.17. The van der Waals surface area contributed by atoms with Gasteiger partial charge in [0.1, 0.15) is 0 Å². The van der Waals surface area contributed by atoms with Crippen molar-refractivity contribution < 1.29 is 0 Å². The molecule has 16 heavy (non-hydrogen) atoms. The molecule has 2 unspecified atom stereocenters. The first-order valence-electron chi connectivity index (χ1n) is 6.26. The molecule has 0 saturated heterocycles. The third-order valence-corrected chi connectivity index (χ3v) is 3.77. The Labute approximate surface area is 98.4 Å². The van der Waals surface area contributed by atoms with Crippen LogP contribution in [0.1, 0.15) is 32.6 Å². The van der Waals surface area contributed by atoms with Crippen molar-refractivity contribution in [3.63, 3.8) is 0 Å². The number of anilines is 2. The fourth-order valence-corrected chi connectivity index (χ4v) is 2.76. The predicted octanol–water partition coefficient (Wildman–Crippen LogP) is 3.28. The van der Waals surface area contributed by atoms with Crippen molar-refractivity contribution in [2.75, 3.05) is 17.7 Å². The van der Waals surface area contributed by atoms with Crippen molar-refractivity contribution in [1.82, 2.24) is 0 Å². The van der Waals surface area contributed by atoms with Gasteiger partial charge in [-0.2, -0.15) is 0 Å². The van der Waals surface area contributed by atoms with Gasteiger partial charge in [-0.1, -0.05) is 31.9 Å². The molecule has 2 atom stereocenters. The van der Waals surface area contributed by atoms with E-state index in [-0.39, 0.29) is 0 Å². The molecule has 0 aliphatic heterocycles. The van der Waals surface area contributed by atoms with Crippen LogP contribution in [-0.4, -0.2) is 13.1 Å². The van der Waals surface area contributed by atoms with Gasteiger partial charge in [0, 0.05) is 13.1 Å². The zero-order valence-electron chi connectivity index (χ0n) is 10.3. The zero-order valence-corrected chi connectivity index (χ0v) is 10.3. The van der Waals surface area contributed by atoms with Gasteiger partial charge in [0.05, 0.1) is 11.4 Å². The second-order valence-corrected chi connectivity index (χ2v) is 5.10. The molecule has 1 fully saturated rings. The number of benzene rings is 1. The van der Waals surface area contributed by atoms with Gasteiger partial charge in [0.15, 0.2) is 0 Å². The Kier molecular flexibility index (Phi) is 3.37. The fourth-order valence-electron chi connectivity index (χ4n) is 2.76. The van der Waals surface area contributed by atoms with E-state index in [0.29, 0.717) is 6.04 Å². The number of rotatable bonds is 2. The first kappa shape index (κ1) is 11.3.